The van der Waals surface area contributed by atoms with E-state index < -0.39 is 5.97 Å². The molecule has 1 atom stereocenters. The number of carboxylic acids is 1. The fourth-order valence-corrected chi connectivity index (χ4v) is 3.15. The Hall–Kier alpha value is -1.62. The van der Waals surface area contributed by atoms with E-state index in [1.165, 1.54) is 0 Å². The van der Waals surface area contributed by atoms with E-state index in [-0.39, 0.29) is 0 Å². The smallest absolute Gasteiger partial charge is 0.336 e. The van der Waals surface area contributed by atoms with Gasteiger partial charge in [-0.05, 0) is 37.8 Å². The molecule has 1 N–H and O–H groups in total. The summed E-state index contributed by atoms with van der Waals surface area (Å²) in [5.74, 6) is -0.0494. The Balaban J connectivity index is 2.06. The molecule has 1 aromatic heterocycles. The van der Waals surface area contributed by atoms with E-state index >= 15 is 0 Å². The van der Waals surface area contributed by atoms with Crippen LogP contribution in [0.2, 0.25) is 0 Å². The van der Waals surface area contributed by atoms with Crippen molar-refractivity contribution in [1.82, 2.24) is 4.98 Å². The summed E-state index contributed by atoms with van der Waals surface area (Å²) in [6.07, 6.45) is 3.63. The molecule has 1 aromatic rings. The monoisotopic (exact) mass is 276 g/mol. The van der Waals surface area contributed by atoms with Crippen molar-refractivity contribution in [3.05, 3.63) is 22.9 Å². The Labute approximate surface area is 118 Å². The number of carbonyl (C=O) groups is 1. The van der Waals surface area contributed by atoms with Crippen molar-refractivity contribution in [2.45, 2.75) is 38.6 Å². The van der Waals surface area contributed by atoms with E-state index in [1.807, 2.05) is 0 Å². The summed E-state index contributed by atoms with van der Waals surface area (Å²) in [6, 6.07) is 2.18. The van der Waals surface area contributed by atoms with Crippen molar-refractivity contribution in [3.8, 4) is 0 Å². The molecule has 0 aromatic carbocycles. The second-order valence-electron chi connectivity index (χ2n) is 5.56. The fourth-order valence-electron chi connectivity index (χ4n) is 3.15. The highest BCUT2D eigenvalue weighted by atomic mass is 16.5. The normalized spacial score (nSPS) is 22.4. The van der Waals surface area contributed by atoms with Crippen LogP contribution in [-0.4, -0.2) is 41.9 Å². The van der Waals surface area contributed by atoms with Crippen molar-refractivity contribution >= 4 is 11.8 Å². The second kappa shape index (κ2) is 5.40. The van der Waals surface area contributed by atoms with E-state index in [1.54, 1.807) is 6.07 Å². The standard InChI is InChI=1S/C15H20N2O3/c1-10-3-2-6-17(10)14-9-12(15(18)19)11-4-7-20-8-5-13(11)16-14/h9-10H,2-8H2,1H3,(H,18,19). The number of carboxylic acid groups (broad SMARTS) is 1. The first kappa shape index (κ1) is 13.4. The number of hydrogen-bond donors (Lipinski definition) is 1. The fraction of sp³-hybridized carbons (Fsp3) is 0.600. The van der Waals surface area contributed by atoms with Crippen LogP contribution in [0.1, 0.15) is 41.4 Å². The number of fused-ring (bicyclic) bond motifs is 1. The Bertz CT molecular complexity index is 530. The summed E-state index contributed by atoms with van der Waals surface area (Å²) in [5, 5.41) is 9.48. The third-order valence-corrected chi connectivity index (χ3v) is 4.25. The molecule has 0 saturated carbocycles. The van der Waals surface area contributed by atoms with E-state index in [9.17, 15) is 9.90 Å². The summed E-state index contributed by atoms with van der Waals surface area (Å²) >= 11 is 0. The minimum atomic E-state index is -0.862. The van der Waals surface area contributed by atoms with Gasteiger partial charge >= 0.3 is 5.97 Å². The van der Waals surface area contributed by atoms with E-state index in [2.05, 4.69) is 11.8 Å². The van der Waals surface area contributed by atoms with Gasteiger partial charge in [-0.15, -0.1) is 0 Å². The SMILES string of the molecule is CC1CCCN1c1cc(C(=O)O)c2c(n1)CCOCC2. The van der Waals surface area contributed by atoms with Crippen LogP contribution in [0.4, 0.5) is 5.82 Å². The van der Waals surface area contributed by atoms with Crippen LogP contribution in [0.15, 0.2) is 6.07 Å². The highest BCUT2D eigenvalue weighted by molar-refractivity contribution is 5.90. The number of nitrogens with zero attached hydrogens (tertiary/aromatic N) is 2. The summed E-state index contributed by atoms with van der Waals surface area (Å²) in [7, 11) is 0. The molecule has 2 aliphatic rings. The lowest BCUT2D eigenvalue weighted by Crippen LogP contribution is -2.28. The van der Waals surface area contributed by atoms with Crippen molar-refractivity contribution in [2.24, 2.45) is 0 Å². The van der Waals surface area contributed by atoms with Gasteiger partial charge in [0.15, 0.2) is 0 Å². The van der Waals surface area contributed by atoms with Gasteiger partial charge in [-0.3, -0.25) is 0 Å². The lowest BCUT2D eigenvalue weighted by Gasteiger charge is -2.24. The third kappa shape index (κ3) is 2.38. The third-order valence-electron chi connectivity index (χ3n) is 4.25. The van der Waals surface area contributed by atoms with Gasteiger partial charge in [-0.1, -0.05) is 0 Å². The van der Waals surface area contributed by atoms with E-state index in [0.717, 1.165) is 36.5 Å². The quantitative estimate of drug-likeness (QED) is 0.893. The Morgan fingerprint density at radius 1 is 1.45 bits per heavy atom. The lowest BCUT2D eigenvalue weighted by molar-refractivity contribution is 0.0695. The number of aromatic carboxylic acids is 1. The number of aromatic nitrogens is 1. The molecule has 3 heterocycles. The van der Waals surface area contributed by atoms with Crippen LogP contribution >= 0.6 is 0 Å². The van der Waals surface area contributed by atoms with Gasteiger partial charge in [0, 0.05) is 24.7 Å². The minimum absolute atomic E-state index is 0.398. The van der Waals surface area contributed by atoms with Gasteiger partial charge in [0.2, 0.25) is 0 Å². The van der Waals surface area contributed by atoms with E-state index in [4.69, 9.17) is 9.72 Å². The van der Waals surface area contributed by atoms with Gasteiger partial charge in [0.05, 0.1) is 18.8 Å². The number of ether oxygens (including phenoxy) is 1. The van der Waals surface area contributed by atoms with Crippen LogP contribution in [0, 0.1) is 0 Å². The van der Waals surface area contributed by atoms with Crippen molar-refractivity contribution < 1.29 is 14.6 Å². The largest absolute Gasteiger partial charge is 0.478 e. The van der Waals surface area contributed by atoms with Gasteiger partial charge in [-0.25, -0.2) is 9.78 Å². The highest BCUT2D eigenvalue weighted by Crippen LogP contribution is 2.28. The van der Waals surface area contributed by atoms with Crippen LogP contribution in [0.5, 0.6) is 0 Å². The molecular formula is C15H20N2O3. The molecule has 2 aliphatic heterocycles. The molecule has 3 rings (SSSR count). The summed E-state index contributed by atoms with van der Waals surface area (Å²) in [6.45, 7) is 4.33. The summed E-state index contributed by atoms with van der Waals surface area (Å²) in [4.78, 5) is 18.5. The first-order valence-corrected chi connectivity index (χ1v) is 7.27. The highest BCUT2D eigenvalue weighted by Gasteiger charge is 2.26. The van der Waals surface area contributed by atoms with Crippen LogP contribution in [0.3, 0.4) is 0 Å². The molecule has 0 radical (unpaired) electrons. The Morgan fingerprint density at radius 2 is 2.25 bits per heavy atom. The first-order valence-electron chi connectivity index (χ1n) is 7.27. The van der Waals surface area contributed by atoms with Crippen LogP contribution in [0.25, 0.3) is 0 Å². The van der Waals surface area contributed by atoms with Crippen molar-refractivity contribution in [2.75, 3.05) is 24.7 Å². The minimum Gasteiger partial charge on any atom is -0.478 e. The molecule has 1 unspecified atom stereocenters. The molecule has 20 heavy (non-hydrogen) atoms. The maximum atomic E-state index is 11.5. The average Bonchev–Trinajstić information content (AvgIpc) is 2.72. The van der Waals surface area contributed by atoms with Crippen molar-refractivity contribution in [1.29, 1.82) is 0 Å². The van der Waals surface area contributed by atoms with Gasteiger partial charge in [0.1, 0.15) is 5.82 Å². The van der Waals surface area contributed by atoms with E-state index in [0.29, 0.717) is 37.7 Å². The Morgan fingerprint density at radius 3 is 2.95 bits per heavy atom. The number of pyridine rings is 1. The topological polar surface area (TPSA) is 62.7 Å². The predicted octanol–water partition coefficient (Wildman–Crippen LogP) is 1.88. The van der Waals surface area contributed by atoms with Gasteiger partial charge in [0.25, 0.3) is 0 Å². The molecule has 5 nitrogen and oxygen atoms in total. The predicted molar refractivity (Wildman–Crippen MR) is 75.5 cm³/mol. The van der Waals surface area contributed by atoms with Crippen LogP contribution in [-0.2, 0) is 17.6 Å². The van der Waals surface area contributed by atoms with Gasteiger partial charge < -0.3 is 14.7 Å². The zero-order valence-corrected chi connectivity index (χ0v) is 11.8. The summed E-state index contributed by atoms with van der Waals surface area (Å²) < 4.78 is 5.45. The molecule has 5 heteroatoms. The first-order chi connectivity index (χ1) is 9.66. The molecule has 108 valence electrons. The molecule has 1 fully saturated rings. The molecule has 1 saturated heterocycles. The number of anilines is 1. The lowest BCUT2D eigenvalue weighted by atomic mass is 10.0. The maximum absolute atomic E-state index is 11.5. The number of hydrogen-bond acceptors (Lipinski definition) is 4. The second-order valence-corrected chi connectivity index (χ2v) is 5.56. The summed E-state index contributed by atoms with van der Waals surface area (Å²) in [5.41, 5.74) is 2.15. The molecular weight excluding hydrogens is 256 g/mol. The number of rotatable bonds is 2. The molecule has 0 spiro atoms. The molecule has 0 amide bonds. The average molecular weight is 276 g/mol. The van der Waals surface area contributed by atoms with Crippen molar-refractivity contribution in [3.63, 3.8) is 0 Å². The zero-order chi connectivity index (χ0) is 14.1. The molecule has 0 bridgehead atoms. The molecule has 0 aliphatic carbocycles. The maximum Gasteiger partial charge on any atom is 0.336 e. The zero-order valence-electron chi connectivity index (χ0n) is 11.8. The van der Waals surface area contributed by atoms with Gasteiger partial charge in [-0.2, -0.15) is 0 Å². The Kier molecular flexibility index (Phi) is 3.61. The van der Waals surface area contributed by atoms with Crippen LogP contribution < -0.4 is 4.90 Å².